The molecule has 144 valence electrons. The van der Waals surface area contributed by atoms with Gasteiger partial charge in [-0.25, -0.2) is 9.18 Å². The standard InChI is InChI=1S/C19H28FN3O3/c1-5-23(6-2)13(3)26-18(25)19(10-7-11-19)22-14-8-9-15(16(20)12-14)17(24)21-4/h8-9,12-13,22H,5-7,10-11H2,1-4H3,(H,21,24). The van der Waals surface area contributed by atoms with Crippen molar-refractivity contribution >= 4 is 17.6 Å². The minimum Gasteiger partial charge on any atom is -0.445 e. The zero-order chi connectivity index (χ0) is 19.3. The molecule has 1 aliphatic carbocycles. The summed E-state index contributed by atoms with van der Waals surface area (Å²) in [6.45, 7) is 7.47. The van der Waals surface area contributed by atoms with Crippen molar-refractivity contribution in [2.45, 2.75) is 51.8 Å². The van der Waals surface area contributed by atoms with E-state index in [0.717, 1.165) is 19.5 Å². The third-order valence-electron chi connectivity index (χ3n) is 5.03. The molecule has 1 aromatic carbocycles. The molecule has 0 aromatic heterocycles. The van der Waals surface area contributed by atoms with Crippen LogP contribution in [0.3, 0.4) is 0 Å². The highest BCUT2D eigenvalue weighted by Gasteiger charge is 2.46. The van der Waals surface area contributed by atoms with Gasteiger partial charge in [0.25, 0.3) is 5.91 Å². The molecule has 0 bridgehead atoms. The van der Waals surface area contributed by atoms with Crippen LogP contribution < -0.4 is 10.6 Å². The largest absolute Gasteiger partial charge is 0.445 e. The topological polar surface area (TPSA) is 70.7 Å². The number of hydrogen-bond donors (Lipinski definition) is 2. The lowest BCUT2D eigenvalue weighted by atomic mass is 9.76. The highest BCUT2D eigenvalue weighted by Crippen LogP contribution is 2.37. The van der Waals surface area contributed by atoms with Crippen LogP contribution in [0.5, 0.6) is 0 Å². The molecule has 6 nitrogen and oxygen atoms in total. The molecule has 7 heteroatoms. The normalized spacial score (nSPS) is 16.5. The molecule has 0 radical (unpaired) electrons. The monoisotopic (exact) mass is 365 g/mol. The van der Waals surface area contributed by atoms with Gasteiger partial charge in [-0.1, -0.05) is 13.8 Å². The summed E-state index contributed by atoms with van der Waals surface area (Å²) in [7, 11) is 1.45. The molecule has 1 aliphatic rings. The lowest BCUT2D eigenvalue weighted by molar-refractivity contribution is -0.166. The number of ether oxygens (including phenoxy) is 1. The Morgan fingerprint density at radius 1 is 1.31 bits per heavy atom. The number of nitrogens with zero attached hydrogens (tertiary/aromatic N) is 1. The Balaban J connectivity index is 2.11. The van der Waals surface area contributed by atoms with Crippen LogP contribution in [0.15, 0.2) is 18.2 Å². The lowest BCUT2D eigenvalue weighted by Crippen LogP contribution is -2.55. The third kappa shape index (κ3) is 4.15. The SMILES string of the molecule is CCN(CC)C(C)OC(=O)C1(Nc2ccc(C(=O)NC)c(F)c2)CCC1. The predicted octanol–water partition coefficient (Wildman–Crippen LogP) is 2.75. The van der Waals surface area contributed by atoms with Gasteiger partial charge in [0.2, 0.25) is 0 Å². The van der Waals surface area contributed by atoms with E-state index in [1.807, 2.05) is 25.7 Å². The molecule has 1 unspecified atom stereocenters. The Bertz CT molecular complexity index is 657. The van der Waals surface area contributed by atoms with Gasteiger partial charge in [-0.15, -0.1) is 0 Å². The molecule has 0 saturated heterocycles. The summed E-state index contributed by atoms with van der Waals surface area (Å²) < 4.78 is 19.8. The van der Waals surface area contributed by atoms with Crippen LogP contribution >= 0.6 is 0 Å². The van der Waals surface area contributed by atoms with E-state index >= 15 is 0 Å². The number of hydrogen-bond acceptors (Lipinski definition) is 5. The summed E-state index contributed by atoms with van der Waals surface area (Å²) in [5.41, 5.74) is -0.400. The van der Waals surface area contributed by atoms with Crippen molar-refractivity contribution in [3.63, 3.8) is 0 Å². The summed E-state index contributed by atoms with van der Waals surface area (Å²) in [6.07, 6.45) is 1.86. The molecule has 0 spiro atoms. The summed E-state index contributed by atoms with van der Waals surface area (Å²) in [5.74, 6) is -1.44. The van der Waals surface area contributed by atoms with Crippen LogP contribution in [0.1, 0.15) is 50.4 Å². The molecule has 1 saturated carbocycles. The van der Waals surface area contributed by atoms with E-state index in [1.165, 1.54) is 19.2 Å². The molecule has 0 heterocycles. The van der Waals surface area contributed by atoms with Gasteiger partial charge in [-0.2, -0.15) is 0 Å². The van der Waals surface area contributed by atoms with E-state index in [1.54, 1.807) is 6.07 Å². The zero-order valence-electron chi connectivity index (χ0n) is 15.9. The van der Waals surface area contributed by atoms with Crippen LogP contribution in [-0.4, -0.2) is 48.7 Å². The highest BCUT2D eigenvalue weighted by atomic mass is 19.1. The number of benzene rings is 1. The van der Waals surface area contributed by atoms with Gasteiger partial charge in [0.15, 0.2) is 6.23 Å². The number of amides is 1. The Morgan fingerprint density at radius 2 is 1.96 bits per heavy atom. The van der Waals surface area contributed by atoms with Gasteiger partial charge >= 0.3 is 5.97 Å². The average Bonchev–Trinajstić information content (AvgIpc) is 2.58. The van der Waals surface area contributed by atoms with Crippen molar-refractivity contribution in [3.8, 4) is 0 Å². The number of carbonyl (C=O) groups excluding carboxylic acids is 2. The Hall–Kier alpha value is -2.15. The molecule has 26 heavy (non-hydrogen) atoms. The second-order valence-electron chi connectivity index (χ2n) is 6.56. The smallest absolute Gasteiger partial charge is 0.333 e. The fraction of sp³-hybridized carbons (Fsp3) is 0.579. The fourth-order valence-corrected chi connectivity index (χ4v) is 3.18. The summed E-state index contributed by atoms with van der Waals surface area (Å²) in [6, 6.07) is 4.26. The molecular weight excluding hydrogens is 337 g/mol. The minimum absolute atomic E-state index is 0.0292. The molecule has 2 rings (SSSR count). The van der Waals surface area contributed by atoms with Crippen molar-refractivity contribution in [3.05, 3.63) is 29.6 Å². The van der Waals surface area contributed by atoms with Crippen molar-refractivity contribution in [2.75, 3.05) is 25.5 Å². The van der Waals surface area contributed by atoms with Crippen molar-refractivity contribution in [2.24, 2.45) is 0 Å². The van der Waals surface area contributed by atoms with Crippen molar-refractivity contribution < 1.29 is 18.7 Å². The maximum Gasteiger partial charge on any atom is 0.333 e. The van der Waals surface area contributed by atoms with E-state index in [9.17, 15) is 14.0 Å². The van der Waals surface area contributed by atoms with E-state index in [4.69, 9.17) is 4.74 Å². The van der Waals surface area contributed by atoms with Crippen LogP contribution in [0.25, 0.3) is 0 Å². The van der Waals surface area contributed by atoms with Crippen LogP contribution in [0.4, 0.5) is 10.1 Å². The summed E-state index contributed by atoms with van der Waals surface area (Å²) >= 11 is 0. The third-order valence-corrected chi connectivity index (χ3v) is 5.03. The number of anilines is 1. The van der Waals surface area contributed by atoms with Gasteiger partial charge in [0.1, 0.15) is 11.4 Å². The van der Waals surface area contributed by atoms with Gasteiger partial charge in [0, 0.05) is 12.7 Å². The average molecular weight is 365 g/mol. The maximum atomic E-state index is 14.2. The summed E-state index contributed by atoms with van der Waals surface area (Å²) in [5, 5.41) is 5.53. The number of esters is 1. The molecule has 2 N–H and O–H groups in total. The number of halogens is 1. The van der Waals surface area contributed by atoms with E-state index in [0.29, 0.717) is 18.5 Å². The molecular formula is C19H28FN3O3. The number of nitrogens with one attached hydrogen (secondary N) is 2. The fourth-order valence-electron chi connectivity index (χ4n) is 3.18. The molecule has 0 aliphatic heterocycles. The Labute approximate surface area is 154 Å². The molecule has 1 atom stereocenters. The van der Waals surface area contributed by atoms with Crippen LogP contribution in [0.2, 0.25) is 0 Å². The quantitative estimate of drug-likeness (QED) is 0.548. The first kappa shape index (κ1) is 20.2. The predicted molar refractivity (Wildman–Crippen MR) is 98.5 cm³/mol. The highest BCUT2D eigenvalue weighted by molar-refractivity contribution is 5.94. The molecule has 1 fully saturated rings. The second kappa shape index (κ2) is 8.49. The van der Waals surface area contributed by atoms with Gasteiger partial charge in [-0.3, -0.25) is 9.69 Å². The van der Waals surface area contributed by atoms with E-state index in [2.05, 4.69) is 10.6 Å². The minimum atomic E-state index is -0.831. The second-order valence-corrected chi connectivity index (χ2v) is 6.56. The van der Waals surface area contributed by atoms with Gasteiger partial charge in [-0.05, 0) is 57.5 Å². The lowest BCUT2D eigenvalue weighted by Gasteiger charge is -2.42. The molecule has 1 aromatic rings. The first-order chi connectivity index (χ1) is 12.4. The van der Waals surface area contributed by atoms with Crippen LogP contribution in [0, 0.1) is 5.82 Å². The van der Waals surface area contributed by atoms with Crippen molar-refractivity contribution in [1.82, 2.24) is 10.2 Å². The number of carbonyl (C=O) groups is 2. The van der Waals surface area contributed by atoms with E-state index in [-0.39, 0.29) is 17.8 Å². The van der Waals surface area contributed by atoms with Crippen molar-refractivity contribution in [1.29, 1.82) is 0 Å². The zero-order valence-corrected chi connectivity index (χ0v) is 15.9. The van der Waals surface area contributed by atoms with E-state index < -0.39 is 17.3 Å². The van der Waals surface area contributed by atoms with Crippen LogP contribution in [-0.2, 0) is 9.53 Å². The van der Waals surface area contributed by atoms with Gasteiger partial charge < -0.3 is 15.4 Å². The molecule has 1 amide bonds. The maximum absolute atomic E-state index is 14.2. The Kier molecular flexibility index (Phi) is 6.58. The van der Waals surface area contributed by atoms with Gasteiger partial charge in [0.05, 0.1) is 5.56 Å². The number of rotatable bonds is 8. The summed E-state index contributed by atoms with van der Waals surface area (Å²) in [4.78, 5) is 26.4. The Morgan fingerprint density at radius 3 is 2.42 bits per heavy atom. The first-order valence-corrected chi connectivity index (χ1v) is 9.11. The first-order valence-electron chi connectivity index (χ1n) is 9.11.